The maximum atomic E-state index is 11.0. The highest BCUT2D eigenvalue weighted by Crippen LogP contribution is 2.39. The molecule has 0 unspecified atom stereocenters. The van der Waals surface area contributed by atoms with Crippen LogP contribution in [0.1, 0.15) is 12.5 Å². The van der Waals surface area contributed by atoms with Crippen LogP contribution in [0.25, 0.3) is 0 Å². The van der Waals surface area contributed by atoms with Gasteiger partial charge in [0.2, 0.25) is 5.91 Å². The van der Waals surface area contributed by atoms with E-state index in [1.165, 1.54) is 6.92 Å². The van der Waals surface area contributed by atoms with E-state index >= 15 is 0 Å². The number of amides is 1. The number of carbonyl (C=O) groups excluding carboxylic acids is 1. The van der Waals surface area contributed by atoms with Crippen LogP contribution in [-0.4, -0.2) is 19.1 Å². The van der Waals surface area contributed by atoms with E-state index in [4.69, 9.17) is 21.1 Å². The molecular formula is C17H16ClNO3S. The van der Waals surface area contributed by atoms with Gasteiger partial charge in [-0.3, -0.25) is 4.79 Å². The number of hydrogen-bond acceptors (Lipinski definition) is 4. The van der Waals surface area contributed by atoms with Crippen molar-refractivity contribution < 1.29 is 14.3 Å². The zero-order valence-corrected chi connectivity index (χ0v) is 14.2. The van der Waals surface area contributed by atoms with Crippen molar-refractivity contribution in [3.05, 3.63) is 47.0 Å². The Balaban J connectivity index is 1.66. The maximum Gasteiger partial charge on any atom is 0.221 e. The molecule has 4 nitrogen and oxygen atoms in total. The van der Waals surface area contributed by atoms with E-state index in [1.807, 2.05) is 36.4 Å². The summed E-state index contributed by atoms with van der Waals surface area (Å²) in [6, 6.07) is 11.6. The van der Waals surface area contributed by atoms with Gasteiger partial charge in [0.25, 0.3) is 0 Å². The minimum absolute atomic E-state index is 0.0728. The third-order valence-corrected chi connectivity index (χ3v) is 4.60. The largest absolute Gasteiger partial charge is 0.486 e. The lowest BCUT2D eigenvalue weighted by molar-refractivity contribution is -0.114. The first-order valence-corrected chi connectivity index (χ1v) is 8.56. The summed E-state index contributed by atoms with van der Waals surface area (Å²) in [4.78, 5) is 12.1. The Labute approximate surface area is 144 Å². The molecule has 0 saturated carbocycles. The van der Waals surface area contributed by atoms with Crippen molar-refractivity contribution in [1.82, 2.24) is 0 Å². The molecule has 23 heavy (non-hydrogen) atoms. The fraction of sp³-hybridized carbons (Fsp3) is 0.235. The summed E-state index contributed by atoms with van der Waals surface area (Å²) in [7, 11) is 0. The average Bonchev–Trinajstić information content (AvgIpc) is 2.54. The zero-order chi connectivity index (χ0) is 16.2. The molecule has 2 aromatic rings. The molecule has 0 aromatic heterocycles. The molecule has 1 heterocycles. The van der Waals surface area contributed by atoms with Crippen molar-refractivity contribution in [1.29, 1.82) is 0 Å². The smallest absolute Gasteiger partial charge is 0.221 e. The predicted molar refractivity (Wildman–Crippen MR) is 92.7 cm³/mol. The first-order valence-electron chi connectivity index (χ1n) is 7.20. The third-order valence-electron chi connectivity index (χ3n) is 3.24. The first-order chi connectivity index (χ1) is 11.1. The lowest BCUT2D eigenvalue weighted by atomic mass is 10.2. The van der Waals surface area contributed by atoms with Crippen LogP contribution < -0.4 is 14.8 Å². The molecule has 0 fully saturated rings. The number of carbonyl (C=O) groups is 1. The lowest BCUT2D eigenvalue weighted by Gasteiger charge is -2.20. The van der Waals surface area contributed by atoms with E-state index in [0.717, 1.165) is 21.9 Å². The number of benzene rings is 2. The molecule has 0 radical (unpaired) electrons. The van der Waals surface area contributed by atoms with Gasteiger partial charge in [0.1, 0.15) is 13.2 Å². The van der Waals surface area contributed by atoms with Crippen molar-refractivity contribution >= 4 is 35.0 Å². The Morgan fingerprint density at radius 3 is 2.70 bits per heavy atom. The summed E-state index contributed by atoms with van der Waals surface area (Å²) in [6.07, 6.45) is 0. The van der Waals surface area contributed by atoms with Crippen molar-refractivity contribution in [3.8, 4) is 11.5 Å². The first kappa shape index (κ1) is 16.0. The fourth-order valence-electron chi connectivity index (χ4n) is 2.25. The molecule has 0 bridgehead atoms. The van der Waals surface area contributed by atoms with Crippen LogP contribution >= 0.6 is 23.4 Å². The lowest BCUT2D eigenvalue weighted by Crippen LogP contribution is -2.15. The Morgan fingerprint density at radius 2 is 1.96 bits per heavy atom. The highest BCUT2D eigenvalue weighted by atomic mass is 35.5. The van der Waals surface area contributed by atoms with Gasteiger partial charge in [-0.25, -0.2) is 0 Å². The Kier molecular flexibility index (Phi) is 4.98. The van der Waals surface area contributed by atoms with Crippen LogP contribution in [-0.2, 0) is 10.5 Å². The Hall–Kier alpha value is -1.85. The highest BCUT2D eigenvalue weighted by molar-refractivity contribution is 7.98. The van der Waals surface area contributed by atoms with Crippen molar-refractivity contribution in [3.63, 3.8) is 0 Å². The second-order valence-electron chi connectivity index (χ2n) is 5.10. The number of anilines is 1. The SMILES string of the molecule is CC(=O)Nc1ccc(SCc2cc(Cl)c3c(c2)OCCO3)cc1. The molecule has 0 spiro atoms. The van der Waals surface area contributed by atoms with Crippen LogP contribution in [0, 0.1) is 0 Å². The van der Waals surface area contributed by atoms with Crippen molar-refractivity contribution in [2.75, 3.05) is 18.5 Å². The molecule has 1 aliphatic rings. The van der Waals surface area contributed by atoms with Crippen LogP contribution in [0.3, 0.4) is 0 Å². The highest BCUT2D eigenvalue weighted by Gasteiger charge is 2.16. The van der Waals surface area contributed by atoms with Gasteiger partial charge in [0, 0.05) is 23.3 Å². The van der Waals surface area contributed by atoms with Gasteiger partial charge < -0.3 is 14.8 Å². The minimum atomic E-state index is -0.0728. The standard InChI is InChI=1S/C17H16ClNO3S/c1-11(20)19-13-2-4-14(5-3-13)23-10-12-8-15(18)17-16(9-12)21-6-7-22-17/h2-5,8-9H,6-7,10H2,1H3,(H,19,20). The number of fused-ring (bicyclic) bond motifs is 1. The predicted octanol–water partition coefficient (Wildman–Crippen LogP) is 4.36. The maximum absolute atomic E-state index is 11.0. The van der Waals surface area contributed by atoms with E-state index < -0.39 is 0 Å². The molecule has 1 aliphatic heterocycles. The van der Waals surface area contributed by atoms with E-state index in [9.17, 15) is 4.79 Å². The minimum Gasteiger partial charge on any atom is -0.486 e. The third kappa shape index (κ3) is 4.12. The molecule has 0 aliphatic carbocycles. The van der Waals surface area contributed by atoms with Crippen LogP contribution in [0.4, 0.5) is 5.69 Å². The number of thioether (sulfide) groups is 1. The summed E-state index contributed by atoms with van der Waals surface area (Å²) in [5, 5.41) is 3.33. The van der Waals surface area contributed by atoms with Gasteiger partial charge in [-0.1, -0.05) is 11.6 Å². The van der Waals surface area contributed by atoms with Gasteiger partial charge in [0.05, 0.1) is 5.02 Å². The summed E-state index contributed by atoms with van der Waals surface area (Å²) in [6.45, 7) is 2.57. The Bertz CT molecular complexity index is 719. The van der Waals surface area contributed by atoms with Gasteiger partial charge in [-0.15, -0.1) is 11.8 Å². The Morgan fingerprint density at radius 1 is 1.22 bits per heavy atom. The summed E-state index contributed by atoms with van der Waals surface area (Å²) >= 11 is 7.94. The summed E-state index contributed by atoms with van der Waals surface area (Å²) in [5.41, 5.74) is 1.87. The molecule has 0 atom stereocenters. The molecular weight excluding hydrogens is 334 g/mol. The van der Waals surface area contributed by atoms with Gasteiger partial charge >= 0.3 is 0 Å². The number of nitrogens with one attached hydrogen (secondary N) is 1. The molecule has 3 rings (SSSR count). The second-order valence-corrected chi connectivity index (χ2v) is 6.55. The van der Waals surface area contributed by atoms with Gasteiger partial charge in [-0.2, -0.15) is 0 Å². The monoisotopic (exact) mass is 349 g/mol. The number of hydrogen-bond donors (Lipinski definition) is 1. The second kappa shape index (κ2) is 7.15. The van der Waals surface area contributed by atoms with Gasteiger partial charge in [0.15, 0.2) is 11.5 Å². The molecule has 2 aromatic carbocycles. The van der Waals surface area contributed by atoms with E-state index in [0.29, 0.717) is 29.7 Å². The number of halogens is 1. The van der Waals surface area contributed by atoms with Crippen molar-refractivity contribution in [2.24, 2.45) is 0 Å². The average molecular weight is 350 g/mol. The molecule has 1 amide bonds. The quantitative estimate of drug-likeness (QED) is 0.833. The topological polar surface area (TPSA) is 47.6 Å². The molecule has 120 valence electrons. The molecule has 6 heteroatoms. The van der Waals surface area contributed by atoms with Crippen LogP contribution in [0.2, 0.25) is 5.02 Å². The number of rotatable bonds is 4. The zero-order valence-electron chi connectivity index (χ0n) is 12.6. The van der Waals surface area contributed by atoms with Gasteiger partial charge in [-0.05, 0) is 42.0 Å². The van der Waals surface area contributed by atoms with Crippen LogP contribution in [0.15, 0.2) is 41.3 Å². The molecule has 0 saturated heterocycles. The number of ether oxygens (including phenoxy) is 2. The van der Waals surface area contributed by atoms with Crippen LogP contribution in [0.5, 0.6) is 11.5 Å². The van der Waals surface area contributed by atoms with E-state index in [1.54, 1.807) is 11.8 Å². The molecule has 1 N–H and O–H groups in total. The van der Waals surface area contributed by atoms with Crippen molar-refractivity contribution in [2.45, 2.75) is 17.6 Å². The summed E-state index contributed by atoms with van der Waals surface area (Å²) in [5.74, 6) is 2.04. The van der Waals surface area contributed by atoms with E-state index in [-0.39, 0.29) is 5.91 Å². The fourth-order valence-corrected chi connectivity index (χ4v) is 3.37. The summed E-state index contributed by atoms with van der Waals surface area (Å²) < 4.78 is 11.1. The normalized spacial score (nSPS) is 12.8. The van der Waals surface area contributed by atoms with E-state index in [2.05, 4.69) is 5.32 Å².